The minimum absolute atomic E-state index is 1.00. The van der Waals surface area contributed by atoms with Crippen molar-refractivity contribution in [2.45, 2.75) is 0 Å². The Labute approximate surface area is 56.7 Å². The molecular formula is CH6O5P2S. The molecule has 0 aromatic carbocycles. The SMILES string of the molecule is O=P(O)(O)CP(O)(O)=S. The Morgan fingerprint density at radius 2 is 1.56 bits per heavy atom. The normalized spacial score (nSPS) is 13.8. The maximum atomic E-state index is 9.98. The second kappa shape index (κ2) is 2.76. The fourth-order valence-electron chi connectivity index (χ4n) is 0.240. The summed E-state index contributed by atoms with van der Waals surface area (Å²) < 4.78 is 9.98. The molecule has 0 aromatic rings. The number of hydrogen-bond donors (Lipinski definition) is 4. The molecule has 0 bridgehead atoms. The molecule has 0 atom stereocenters. The van der Waals surface area contributed by atoms with Crippen molar-refractivity contribution >= 4 is 25.9 Å². The maximum Gasteiger partial charge on any atom is 0.335 e. The molecule has 0 saturated heterocycles. The molecule has 0 saturated carbocycles. The minimum atomic E-state index is -4.34. The standard InChI is InChI=1S/CH6O5P2S/c2-7(3,4)1-8(5,6)9/h1H2,(H2,2,3,4)(H2,5,6,9). The lowest BCUT2D eigenvalue weighted by Crippen LogP contribution is -1.87. The van der Waals surface area contributed by atoms with E-state index in [1.54, 1.807) is 0 Å². The highest BCUT2D eigenvalue weighted by atomic mass is 32.5. The molecule has 0 aliphatic heterocycles. The van der Waals surface area contributed by atoms with Crippen LogP contribution in [0.1, 0.15) is 0 Å². The molecule has 5 nitrogen and oxygen atoms in total. The van der Waals surface area contributed by atoms with Crippen LogP contribution in [-0.2, 0) is 16.4 Å². The first kappa shape index (κ1) is 9.72. The third kappa shape index (κ3) is 8.72. The summed E-state index contributed by atoms with van der Waals surface area (Å²) in [6.45, 7) is -3.72. The third-order valence-electron chi connectivity index (χ3n) is 0.368. The van der Waals surface area contributed by atoms with Crippen LogP contribution in [0.15, 0.2) is 0 Å². The van der Waals surface area contributed by atoms with Crippen molar-refractivity contribution in [3.63, 3.8) is 0 Å². The summed E-state index contributed by atoms with van der Waals surface area (Å²) >= 11 is 3.96. The van der Waals surface area contributed by atoms with Crippen LogP contribution in [-0.4, -0.2) is 25.5 Å². The van der Waals surface area contributed by atoms with E-state index in [9.17, 15) is 4.57 Å². The number of rotatable bonds is 2. The van der Waals surface area contributed by atoms with Gasteiger partial charge in [-0.25, -0.2) is 0 Å². The molecule has 8 heteroatoms. The van der Waals surface area contributed by atoms with E-state index in [4.69, 9.17) is 19.6 Å². The van der Waals surface area contributed by atoms with E-state index >= 15 is 0 Å². The highest BCUT2D eigenvalue weighted by Gasteiger charge is 2.22. The van der Waals surface area contributed by atoms with E-state index in [0.717, 1.165) is 0 Å². The molecule has 0 unspecified atom stereocenters. The van der Waals surface area contributed by atoms with Gasteiger partial charge in [-0.3, -0.25) is 4.57 Å². The van der Waals surface area contributed by atoms with Crippen LogP contribution in [0.3, 0.4) is 0 Å². The Morgan fingerprint density at radius 3 is 1.56 bits per heavy atom. The molecule has 0 aliphatic rings. The minimum Gasteiger partial charge on any atom is -0.345 e. The van der Waals surface area contributed by atoms with Crippen LogP contribution in [0, 0.1) is 0 Å². The smallest absolute Gasteiger partial charge is 0.335 e. The molecular weight excluding hydrogens is 186 g/mol. The first-order chi connectivity index (χ1) is 3.71. The molecule has 0 rings (SSSR count). The average molecular weight is 192 g/mol. The van der Waals surface area contributed by atoms with Gasteiger partial charge in [0, 0.05) is 0 Å². The first-order valence-electron chi connectivity index (χ1n) is 1.80. The average Bonchev–Trinajstić information content (AvgIpc) is 1.14. The van der Waals surface area contributed by atoms with Gasteiger partial charge in [0.15, 0.2) is 6.49 Å². The van der Waals surface area contributed by atoms with E-state index < -0.39 is 20.0 Å². The highest BCUT2D eigenvalue weighted by Crippen LogP contribution is 2.51. The maximum absolute atomic E-state index is 9.98. The van der Waals surface area contributed by atoms with Crippen molar-refractivity contribution in [1.29, 1.82) is 0 Å². The lowest BCUT2D eigenvalue weighted by atomic mass is 11.9. The summed E-state index contributed by atoms with van der Waals surface area (Å²) in [5.41, 5.74) is 0. The Hall–Kier alpha value is 0.720. The monoisotopic (exact) mass is 192 g/mol. The molecule has 0 spiro atoms. The van der Waals surface area contributed by atoms with E-state index in [1.807, 2.05) is 0 Å². The van der Waals surface area contributed by atoms with Crippen molar-refractivity contribution in [2.24, 2.45) is 0 Å². The highest BCUT2D eigenvalue weighted by molar-refractivity contribution is 8.11. The van der Waals surface area contributed by atoms with Gasteiger partial charge in [-0.15, -0.1) is 0 Å². The van der Waals surface area contributed by atoms with Gasteiger partial charge >= 0.3 is 7.60 Å². The van der Waals surface area contributed by atoms with Gasteiger partial charge in [0.25, 0.3) is 0 Å². The van der Waals surface area contributed by atoms with E-state index in [0.29, 0.717) is 0 Å². The van der Waals surface area contributed by atoms with Gasteiger partial charge in [0.2, 0.25) is 0 Å². The summed E-state index contributed by atoms with van der Waals surface area (Å²) in [6, 6.07) is 0. The second-order valence-electron chi connectivity index (χ2n) is 1.47. The van der Waals surface area contributed by atoms with Crippen LogP contribution in [0.25, 0.3) is 0 Å². The zero-order chi connectivity index (χ0) is 7.71. The third-order valence-corrected chi connectivity index (χ3v) is 4.36. The van der Waals surface area contributed by atoms with Gasteiger partial charge in [-0.2, -0.15) is 0 Å². The topological polar surface area (TPSA) is 98.0 Å². The Bertz CT molecular complexity index is 155. The molecule has 0 radical (unpaired) electrons. The fourth-order valence-corrected chi connectivity index (χ4v) is 3.51. The summed E-state index contributed by atoms with van der Waals surface area (Å²) in [5.74, 6) is -1.00. The van der Waals surface area contributed by atoms with Gasteiger partial charge in [-0.1, -0.05) is 0 Å². The van der Waals surface area contributed by atoms with Crippen molar-refractivity contribution in [3.8, 4) is 0 Å². The molecule has 9 heavy (non-hydrogen) atoms. The summed E-state index contributed by atoms with van der Waals surface area (Å²) in [5, 5.41) is 0. The second-order valence-corrected chi connectivity index (χ2v) is 7.02. The predicted molar refractivity (Wildman–Crippen MR) is 35.6 cm³/mol. The number of hydrogen-bond acceptors (Lipinski definition) is 2. The summed E-state index contributed by atoms with van der Waals surface area (Å²) in [7, 11) is -4.34. The Balaban J connectivity index is 4.07. The van der Waals surface area contributed by atoms with Crippen molar-refractivity contribution in [3.05, 3.63) is 0 Å². The van der Waals surface area contributed by atoms with Crippen LogP contribution >= 0.6 is 14.1 Å². The summed E-state index contributed by atoms with van der Waals surface area (Å²) in [4.78, 5) is 32.9. The van der Waals surface area contributed by atoms with Gasteiger partial charge in [0.05, 0.1) is 0 Å². The van der Waals surface area contributed by atoms with Crippen molar-refractivity contribution in [2.75, 3.05) is 5.90 Å². The molecule has 0 amide bonds. The van der Waals surface area contributed by atoms with Gasteiger partial charge in [0.1, 0.15) is 5.90 Å². The quantitative estimate of drug-likeness (QED) is 0.437. The van der Waals surface area contributed by atoms with Crippen LogP contribution in [0.5, 0.6) is 0 Å². The van der Waals surface area contributed by atoms with Crippen LogP contribution < -0.4 is 0 Å². The Morgan fingerprint density at radius 1 is 1.22 bits per heavy atom. The van der Waals surface area contributed by atoms with E-state index in [2.05, 4.69) is 11.8 Å². The molecule has 0 aromatic heterocycles. The largest absolute Gasteiger partial charge is 0.345 e. The van der Waals surface area contributed by atoms with E-state index in [-0.39, 0.29) is 0 Å². The fraction of sp³-hybridized carbons (Fsp3) is 1.00. The molecule has 0 heterocycles. The Kier molecular flexibility index (Phi) is 2.98. The summed E-state index contributed by atoms with van der Waals surface area (Å²) in [6.07, 6.45) is 0. The van der Waals surface area contributed by atoms with Crippen molar-refractivity contribution < 1.29 is 24.1 Å². The zero-order valence-electron chi connectivity index (χ0n) is 4.21. The van der Waals surface area contributed by atoms with E-state index in [1.165, 1.54) is 0 Å². The zero-order valence-corrected chi connectivity index (χ0v) is 6.81. The van der Waals surface area contributed by atoms with Crippen molar-refractivity contribution in [1.82, 2.24) is 0 Å². The lowest BCUT2D eigenvalue weighted by Gasteiger charge is -2.07. The lowest BCUT2D eigenvalue weighted by molar-refractivity contribution is 0.375. The molecule has 0 fully saturated rings. The van der Waals surface area contributed by atoms with Crippen LogP contribution in [0.2, 0.25) is 0 Å². The molecule has 4 N–H and O–H groups in total. The first-order valence-corrected chi connectivity index (χ1v) is 6.49. The molecule has 56 valence electrons. The van der Waals surface area contributed by atoms with Crippen LogP contribution in [0.4, 0.5) is 0 Å². The van der Waals surface area contributed by atoms with Gasteiger partial charge in [-0.05, 0) is 11.8 Å². The molecule has 0 aliphatic carbocycles. The van der Waals surface area contributed by atoms with Gasteiger partial charge < -0.3 is 19.6 Å². The predicted octanol–water partition coefficient (Wildman–Crippen LogP) is -0.584.